The Kier molecular flexibility index (Phi) is 5.52. The van der Waals surface area contributed by atoms with Gasteiger partial charge in [0.1, 0.15) is 5.82 Å². The van der Waals surface area contributed by atoms with Crippen LogP contribution in [-0.4, -0.2) is 29.0 Å². The average molecular weight is 344 g/mol. The molecule has 0 bridgehead atoms. The zero-order chi connectivity index (χ0) is 18.0. The third kappa shape index (κ3) is 4.27. The zero-order valence-electron chi connectivity index (χ0n) is 14.7. The fourth-order valence-corrected chi connectivity index (χ4v) is 3.41. The normalized spacial score (nSPS) is 23.6. The SMILES string of the molecule is Cc1ccc(Cc2cc([C@H]3C[C@@H](O)C[C@@H](CO)O3)ccc2C)c(F)c1. The summed E-state index contributed by atoms with van der Waals surface area (Å²) in [5.41, 5.74) is 4.68. The van der Waals surface area contributed by atoms with Crippen LogP contribution in [-0.2, 0) is 11.2 Å². The predicted molar refractivity (Wildman–Crippen MR) is 95.1 cm³/mol. The first-order chi connectivity index (χ1) is 12.0. The van der Waals surface area contributed by atoms with Gasteiger partial charge in [-0.1, -0.05) is 30.3 Å². The molecule has 25 heavy (non-hydrogen) atoms. The van der Waals surface area contributed by atoms with Gasteiger partial charge in [0.25, 0.3) is 0 Å². The van der Waals surface area contributed by atoms with E-state index in [0.29, 0.717) is 24.8 Å². The summed E-state index contributed by atoms with van der Waals surface area (Å²) in [6, 6.07) is 11.3. The van der Waals surface area contributed by atoms with Crippen LogP contribution in [0.3, 0.4) is 0 Å². The molecule has 134 valence electrons. The molecule has 1 aliphatic rings. The van der Waals surface area contributed by atoms with E-state index in [1.54, 1.807) is 6.07 Å². The van der Waals surface area contributed by atoms with Gasteiger partial charge in [-0.15, -0.1) is 0 Å². The van der Waals surface area contributed by atoms with Crippen molar-refractivity contribution in [2.45, 2.75) is 51.4 Å². The summed E-state index contributed by atoms with van der Waals surface area (Å²) in [6.07, 6.45) is 0.425. The maximum Gasteiger partial charge on any atom is 0.126 e. The summed E-state index contributed by atoms with van der Waals surface area (Å²) in [6.45, 7) is 3.79. The van der Waals surface area contributed by atoms with Gasteiger partial charge in [-0.2, -0.15) is 0 Å². The molecule has 2 N–H and O–H groups in total. The highest BCUT2D eigenvalue weighted by molar-refractivity contribution is 5.37. The molecule has 0 aromatic heterocycles. The standard InChI is InChI=1S/C21H25FO3/c1-13-3-5-15(20(22)7-13)8-17-9-16(6-4-14(17)2)21-11-18(24)10-19(12-23)25-21/h3-7,9,18-19,21,23-24H,8,10-12H2,1-2H3/t18-,19-,21+/m0/s1. The summed E-state index contributed by atoms with van der Waals surface area (Å²) < 4.78 is 20.1. The zero-order valence-corrected chi connectivity index (χ0v) is 14.7. The van der Waals surface area contributed by atoms with Crippen LogP contribution in [0.4, 0.5) is 4.39 Å². The Morgan fingerprint density at radius 2 is 1.88 bits per heavy atom. The van der Waals surface area contributed by atoms with Gasteiger partial charge >= 0.3 is 0 Å². The molecule has 3 atom stereocenters. The number of benzene rings is 2. The van der Waals surface area contributed by atoms with Gasteiger partial charge in [-0.05, 0) is 47.7 Å². The first-order valence-electron chi connectivity index (χ1n) is 8.75. The number of halogens is 1. The second-order valence-corrected chi connectivity index (χ2v) is 7.01. The van der Waals surface area contributed by atoms with Crippen LogP contribution in [0.25, 0.3) is 0 Å². The second-order valence-electron chi connectivity index (χ2n) is 7.01. The van der Waals surface area contributed by atoms with Crippen molar-refractivity contribution < 1.29 is 19.3 Å². The molecule has 1 fully saturated rings. The van der Waals surface area contributed by atoms with Crippen molar-refractivity contribution >= 4 is 0 Å². The van der Waals surface area contributed by atoms with Crippen molar-refractivity contribution in [3.63, 3.8) is 0 Å². The molecule has 3 nitrogen and oxygen atoms in total. The summed E-state index contributed by atoms with van der Waals surface area (Å²) in [4.78, 5) is 0. The molecule has 0 spiro atoms. The van der Waals surface area contributed by atoms with E-state index in [0.717, 1.165) is 22.3 Å². The van der Waals surface area contributed by atoms with Gasteiger partial charge in [-0.3, -0.25) is 0 Å². The largest absolute Gasteiger partial charge is 0.394 e. The van der Waals surface area contributed by atoms with E-state index in [9.17, 15) is 14.6 Å². The first kappa shape index (κ1) is 18.1. The minimum absolute atomic E-state index is 0.0964. The monoisotopic (exact) mass is 344 g/mol. The molecule has 0 saturated carbocycles. The Hall–Kier alpha value is -1.75. The predicted octanol–water partition coefficient (Wildman–Crippen LogP) is 3.61. The lowest BCUT2D eigenvalue weighted by Crippen LogP contribution is -2.33. The molecule has 0 unspecified atom stereocenters. The van der Waals surface area contributed by atoms with Crippen LogP contribution in [0, 0.1) is 19.7 Å². The molecule has 1 aliphatic heterocycles. The van der Waals surface area contributed by atoms with Gasteiger partial charge in [0.15, 0.2) is 0 Å². The van der Waals surface area contributed by atoms with Gasteiger partial charge in [0, 0.05) is 19.3 Å². The number of rotatable bonds is 4. The van der Waals surface area contributed by atoms with Gasteiger partial charge < -0.3 is 14.9 Å². The molecule has 1 saturated heterocycles. The lowest BCUT2D eigenvalue weighted by atomic mass is 9.92. The van der Waals surface area contributed by atoms with E-state index in [-0.39, 0.29) is 24.6 Å². The summed E-state index contributed by atoms with van der Waals surface area (Å²) >= 11 is 0. The van der Waals surface area contributed by atoms with Crippen molar-refractivity contribution in [3.8, 4) is 0 Å². The molecule has 1 heterocycles. The Labute approximate surface area is 148 Å². The van der Waals surface area contributed by atoms with Gasteiger partial charge in [0.05, 0.1) is 24.9 Å². The van der Waals surface area contributed by atoms with E-state index >= 15 is 0 Å². The van der Waals surface area contributed by atoms with Crippen LogP contribution in [0.5, 0.6) is 0 Å². The van der Waals surface area contributed by atoms with E-state index in [1.165, 1.54) is 0 Å². The Bertz CT molecular complexity index is 744. The molecule has 2 aromatic carbocycles. The Morgan fingerprint density at radius 3 is 2.60 bits per heavy atom. The Morgan fingerprint density at radius 1 is 1.08 bits per heavy atom. The highest BCUT2D eigenvalue weighted by Gasteiger charge is 2.29. The van der Waals surface area contributed by atoms with E-state index in [4.69, 9.17) is 4.74 Å². The van der Waals surface area contributed by atoms with Crippen molar-refractivity contribution in [2.75, 3.05) is 6.61 Å². The number of ether oxygens (including phenoxy) is 1. The first-order valence-corrected chi connectivity index (χ1v) is 8.75. The van der Waals surface area contributed by atoms with Crippen LogP contribution in [0.15, 0.2) is 36.4 Å². The maximum atomic E-state index is 14.2. The van der Waals surface area contributed by atoms with Crippen molar-refractivity contribution in [1.29, 1.82) is 0 Å². The summed E-state index contributed by atoms with van der Waals surface area (Å²) in [5, 5.41) is 19.4. The smallest absolute Gasteiger partial charge is 0.126 e. The van der Waals surface area contributed by atoms with E-state index in [2.05, 4.69) is 0 Å². The number of hydrogen-bond donors (Lipinski definition) is 2. The van der Waals surface area contributed by atoms with Gasteiger partial charge in [-0.25, -0.2) is 4.39 Å². The van der Waals surface area contributed by atoms with Crippen LogP contribution in [0.2, 0.25) is 0 Å². The van der Waals surface area contributed by atoms with Crippen molar-refractivity contribution in [2.24, 2.45) is 0 Å². The molecule has 0 amide bonds. The average Bonchev–Trinajstić information content (AvgIpc) is 2.58. The number of hydrogen-bond acceptors (Lipinski definition) is 3. The summed E-state index contributed by atoms with van der Waals surface area (Å²) in [7, 11) is 0. The summed E-state index contributed by atoms with van der Waals surface area (Å²) in [5.74, 6) is -0.186. The lowest BCUT2D eigenvalue weighted by Gasteiger charge is -2.32. The molecule has 4 heteroatoms. The Balaban J connectivity index is 1.85. The number of aliphatic hydroxyl groups is 2. The molecule has 0 radical (unpaired) electrons. The van der Waals surface area contributed by atoms with Crippen LogP contribution < -0.4 is 0 Å². The third-order valence-corrected chi connectivity index (χ3v) is 4.92. The third-order valence-electron chi connectivity index (χ3n) is 4.92. The van der Waals surface area contributed by atoms with Gasteiger partial charge in [0.2, 0.25) is 0 Å². The maximum absolute atomic E-state index is 14.2. The van der Waals surface area contributed by atoms with Crippen molar-refractivity contribution in [1.82, 2.24) is 0 Å². The minimum atomic E-state index is -0.477. The number of aliphatic hydroxyl groups excluding tert-OH is 2. The molecule has 0 aliphatic carbocycles. The number of aryl methyl sites for hydroxylation is 2. The van der Waals surface area contributed by atoms with Crippen LogP contribution in [0.1, 0.15) is 46.8 Å². The molecular formula is C21H25FO3. The highest BCUT2D eigenvalue weighted by Crippen LogP contribution is 2.33. The fraction of sp³-hybridized carbons (Fsp3) is 0.429. The topological polar surface area (TPSA) is 49.7 Å². The second kappa shape index (κ2) is 7.65. The molecular weight excluding hydrogens is 319 g/mol. The van der Waals surface area contributed by atoms with Crippen molar-refractivity contribution in [3.05, 3.63) is 70.0 Å². The lowest BCUT2D eigenvalue weighted by molar-refractivity contribution is -0.113. The molecule has 2 aromatic rings. The quantitative estimate of drug-likeness (QED) is 0.891. The minimum Gasteiger partial charge on any atom is -0.394 e. The van der Waals surface area contributed by atoms with E-state index < -0.39 is 6.10 Å². The van der Waals surface area contributed by atoms with Crippen LogP contribution >= 0.6 is 0 Å². The fourth-order valence-electron chi connectivity index (χ4n) is 3.41. The molecule has 3 rings (SSSR count). The van der Waals surface area contributed by atoms with E-state index in [1.807, 2.05) is 44.2 Å². The highest BCUT2D eigenvalue weighted by atomic mass is 19.1.